The zero-order valence-electron chi connectivity index (χ0n) is 11.3. The van der Waals surface area contributed by atoms with Gasteiger partial charge in [-0.25, -0.2) is 0 Å². The molecule has 0 amide bonds. The average Bonchev–Trinajstić information content (AvgIpc) is 2.90. The summed E-state index contributed by atoms with van der Waals surface area (Å²) in [6.45, 7) is 5.55. The Bertz CT molecular complexity index is 545. The first-order valence-electron chi connectivity index (χ1n) is 6.07. The van der Waals surface area contributed by atoms with Gasteiger partial charge in [0.15, 0.2) is 0 Å². The van der Waals surface area contributed by atoms with Gasteiger partial charge in [0.05, 0.1) is 35.6 Å². The number of ether oxygens (including phenoxy) is 1. The summed E-state index contributed by atoms with van der Waals surface area (Å²) in [7, 11) is 1.68. The van der Waals surface area contributed by atoms with Crippen molar-refractivity contribution in [2.45, 2.75) is 26.4 Å². The molecule has 0 spiro atoms. The summed E-state index contributed by atoms with van der Waals surface area (Å²) in [5.41, 5.74) is 8.68. The van der Waals surface area contributed by atoms with Crippen LogP contribution in [0.1, 0.15) is 27.1 Å². The first-order valence-corrected chi connectivity index (χ1v) is 7.68. The number of aryl methyl sites for hydroxylation is 2. The van der Waals surface area contributed by atoms with Crippen LogP contribution in [0.3, 0.4) is 0 Å². The Morgan fingerprint density at radius 2 is 2.26 bits per heavy atom. The highest BCUT2D eigenvalue weighted by atomic mass is 79.9. The zero-order valence-corrected chi connectivity index (χ0v) is 13.7. The molecule has 2 N–H and O–H groups in total. The van der Waals surface area contributed by atoms with Gasteiger partial charge in [0.25, 0.3) is 0 Å². The molecule has 0 saturated heterocycles. The summed E-state index contributed by atoms with van der Waals surface area (Å²) in [6, 6.07) is 2.00. The molecule has 19 heavy (non-hydrogen) atoms. The molecular weight excluding hydrogens is 326 g/mol. The molecule has 2 aromatic heterocycles. The lowest BCUT2D eigenvalue weighted by atomic mass is 10.1. The number of thiophene rings is 1. The summed E-state index contributed by atoms with van der Waals surface area (Å²) < 4.78 is 7.95. The van der Waals surface area contributed by atoms with Crippen LogP contribution in [0.4, 0.5) is 0 Å². The molecule has 2 heterocycles. The van der Waals surface area contributed by atoms with E-state index in [1.54, 1.807) is 24.6 Å². The molecule has 0 bridgehead atoms. The lowest BCUT2D eigenvalue weighted by Crippen LogP contribution is -2.18. The summed E-state index contributed by atoms with van der Waals surface area (Å²) in [5.74, 6) is 0. The van der Waals surface area contributed by atoms with Gasteiger partial charge in [-0.05, 0) is 41.4 Å². The first kappa shape index (κ1) is 14.7. The number of aromatic nitrogens is 2. The highest BCUT2D eigenvalue weighted by Crippen LogP contribution is 2.32. The van der Waals surface area contributed by atoms with Crippen molar-refractivity contribution in [3.05, 3.63) is 37.7 Å². The molecule has 1 unspecified atom stereocenters. The minimum absolute atomic E-state index is 0.161. The molecule has 0 aliphatic rings. The average molecular weight is 344 g/mol. The standard InChI is InChI=1S/C13H18BrN3OS/c1-8-6-11(19-9(8)2)12(15)13-10(14)7-16-17(13)4-5-18-3/h6-7,12H,4-5,15H2,1-3H3. The fraction of sp³-hybridized carbons (Fsp3) is 0.462. The molecule has 1 atom stereocenters. The normalized spacial score (nSPS) is 12.9. The molecule has 0 saturated carbocycles. The van der Waals surface area contributed by atoms with Gasteiger partial charge in [-0.2, -0.15) is 5.10 Å². The molecule has 2 aromatic rings. The summed E-state index contributed by atoms with van der Waals surface area (Å²) >= 11 is 5.28. The molecule has 0 aliphatic heterocycles. The number of rotatable bonds is 5. The molecule has 0 aliphatic carbocycles. The molecular formula is C13H18BrN3OS. The highest BCUT2D eigenvalue weighted by molar-refractivity contribution is 9.10. The van der Waals surface area contributed by atoms with Crippen molar-refractivity contribution in [2.24, 2.45) is 5.73 Å². The van der Waals surface area contributed by atoms with Gasteiger partial charge in [-0.1, -0.05) is 0 Å². The Kier molecular flexibility index (Phi) is 4.78. The van der Waals surface area contributed by atoms with Crippen LogP contribution in [0.25, 0.3) is 0 Å². The number of halogens is 1. The van der Waals surface area contributed by atoms with E-state index in [9.17, 15) is 0 Å². The molecule has 4 nitrogen and oxygen atoms in total. The van der Waals surface area contributed by atoms with Crippen LogP contribution >= 0.6 is 27.3 Å². The first-order chi connectivity index (χ1) is 9.04. The van der Waals surface area contributed by atoms with Crippen molar-refractivity contribution in [1.82, 2.24) is 9.78 Å². The van der Waals surface area contributed by atoms with Crippen LogP contribution < -0.4 is 5.73 Å². The predicted molar refractivity (Wildman–Crippen MR) is 81.6 cm³/mol. The van der Waals surface area contributed by atoms with Gasteiger partial charge in [-0.3, -0.25) is 4.68 Å². The minimum Gasteiger partial charge on any atom is -0.383 e. The van der Waals surface area contributed by atoms with Crippen LogP contribution in [0.15, 0.2) is 16.7 Å². The molecule has 2 rings (SSSR count). The van der Waals surface area contributed by atoms with E-state index in [1.165, 1.54) is 10.4 Å². The van der Waals surface area contributed by atoms with Crippen LogP contribution in [-0.2, 0) is 11.3 Å². The monoisotopic (exact) mass is 343 g/mol. The van der Waals surface area contributed by atoms with E-state index in [1.807, 2.05) is 4.68 Å². The fourth-order valence-electron chi connectivity index (χ4n) is 1.93. The van der Waals surface area contributed by atoms with Crippen LogP contribution in [0.2, 0.25) is 0 Å². The van der Waals surface area contributed by atoms with E-state index >= 15 is 0 Å². The fourth-order valence-corrected chi connectivity index (χ4v) is 3.52. The minimum atomic E-state index is -0.161. The van der Waals surface area contributed by atoms with Gasteiger partial charge in [-0.15, -0.1) is 11.3 Å². The van der Waals surface area contributed by atoms with Gasteiger partial charge in [0, 0.05) is 16.9 Å². The lowest BCUT2D eigenvalue weighted by Gasteiger charge is -2.13. The maximum atomic E-state index is 6.40. The topological polar surface area (TPSA) is 53.1 Å². The van der Waals surface area contributed by atoms with Crippen molar-refractivity contribution < 1.29 is 4.74 Å². The Balaban J connectivity index is 2.32. The number of hydrogen-bond donors (Lipinski definition) is 1. The van der Waals surface area contributed by atoms with Crippen molar-refractivity contribution in [3.63, 3.8) is 0 Å². The Hall–Kier alpha value is -0.690. The third-order valence-electron chi connectivity index (χ3n) is 3.13. The molecule has 0 fully saturated rings. The Morgan fingerprint density at radius 3 is 2.84 bits per heavy atom. The van der Waals surface area contributed by atoms with Gasteiger partial charge < -0.3 is 10.5 Å². The van der Waals surface area contributed by atoms with Crippen LogP contribution in [-0.4, -0.2) is 23.5 Å². The molecule has 0 aromatic carbocycles. The SMILES string of the molecule is COCCn1ncc(Br)c1C(N)c1cc(C)c(C)s1. The summed E-state index contributed by atoms with van der Waals surface area (Å²) in [4.78, 5) is 2.47. The number of hydrogen-bond acceptors (Lipinski definition) is 4. The summed E-state index contributed by atoms with van der Waals surface area (Å²) in [5, 5.41) is 4.34. The lowest BCUT2D eigenvalue weighted by molar-refractivity contribution is 0.182. The number of nitrogens with zero attached hydrogens (tertiary/aromatic N) is 2. The van der Waals surface area contributed by atoms with E-state index < -0.39 is 0 Å². The summed E-state index contributed by atoms with van der Waals surface area (Å²) in [6.07, 6.45) is 1.79. The second kappa shape index (κ2) is 6.17. The van der Waals surface area contributed by atoms with Gasteiger partial charge >= 0.3 is 0 Å². The second-order valence-corrected chi connectivity index (χ2v) is 6.60. The molecule has 0 radical (unpaired) electrons. The van der Waals surface area contributed by atoms with Crippen LogP contribution in [0.5, 0.6) is 0 Å². The van der Waals surface area contributed by atoms with Crippen molar-refractivity contribution >= 4 is 27.3 Å². The largest absolute Gasteiger partial charge is 0.383 e. The predicted octanol–water partition coefficient (Wildman–Crippen LogP) is 3.02. The van der Waals surface area contributed by atoms with E-state index in [-0.39, 0.29) is 6.04 Å². The van der Waals surface area contributed by atoms with E-state index in [2.05, 4.69) is 40.9 Å². The number of methoxy groups -OCH3 is 1. The zero-order chi connectivity index (χ0) is 14.0. The quantitative estimate of drug-likeness (QED) is 0.907. The van der Waals surface area contributed by atoms with Gasteiger partial charge in [0.1, 0.15) is 0 Å². The molecule has 104 valence electrons. The smallest absolute Gasteiger partial charge is 0.0828 e. The Morgan fingerprint density at radius 1 is 1.53 bits per heavy atom. The Labute approximate surface area is 125 Å². The number of nitrogens with two attached hydrogens (primary N) is 1. The van der Waals surface area contributed by atoms with Gasteiger partial charge in [0.2, 0.25) is 0 Å². The van der Waals surface area contributed by atoms with Crippen molar-refractivity contribution in [2.75, 3.05) is 13.7 Å². The second-order valence-electron chi connectivity index (χ2n) is 4.46. The maximum Gasteiger partial charge on any atom is 0.0828 e. The van der Waals surface area contributed by atoms with E-state index in [0.29, 0.717) is 13.2 Å². The molecule has 6 heteroatoms. The van der Waals surface area contributed by atoms with E-state index in [0.717, 1.165) is 15.0 Å². The van der Waals surface area contributed by atoms with Crippen molar-refractivity contribution in [3.8, 4) is 0 Å². The highest BCUT2D eigenvalue weighted by Gasteiger charge is 2.20. The maximum absolute atomic E-state index is 6.40. The van der Waals surface area contributed by atoms with Crippen LogP contribution in [0, 0.1) is 13.8 Å². The van der Waals surface area contributed by atoms with E-state index in [4.69, 9.17) is 10.5 Å². The third-order valence-corrected chi connectivity index (χ3v) is 4.97. The van der Waals surface area contributed by atoms with Crippen molar-refractivity contribution in [1.29, 1.82) is 0 Å². The third kappa shape index (κ3) is 3.08.